The normalized spacial score (nSPS) is 11.3. The van der Waals surface area contributed by atoms with Crippen molar-refractivity contribution < 1.29 is 4.74 Å². The van der Waals surface area contributed by atoms with Gasteiger partial charge in [-0.1, -0.05) is 25.5 Å². The molecule has 0 saturated heterocycles. The molecule has 1 aromatic heterocycles. The molecule has 0 atom stereocenters. The molecule has 0 fully saturated rings. The first-order chi connectivity index (χ1) is 9.86. The van der Waals surface area contributed by atoms with E-state index in [0.717, 1.165) is 50.4 Å². The molecule has 0 saturated carbocycles. The third-order valence-electron chi connectivity index (χ3n) is 3.36. The highest BCUT2D eigenvalue weighted by Crippen LogP contribution is 2.17. The molecule has 0 spiro atoms. The molecule has 0 bridgehead atoms. The number of rotatable bonds is 9. The maximum absolute atomic E-state index is 5.88. The monoisotopic (exact) mass is 294 g/mol. The maximum atomic E-state index is 5.88. The number of alkyl halides is 1. The molecule has 20 heavy (non-hydrogen) atoms. The van der Waals surface area contributed by atoms with E-state index in [0.29, 0.717) is 5.88 Å². The molecule has 1 heterocycles. The van der Waals surface area contributed by atoms with Gasteiger partial charge in [0.2, 0.25) is 0 Å². The number of fused-ring (bicyclic) bond motifs is 1. The number of benzene rings is 1. The summed E-state index contributed by atoms with van der Waals surface area (Å²) in [6, 6.07) is 8.26. The Morgan fingerprint density at radius 3 is 2.80 bits per heavy atom. The predicted molar refractivity (Wildman–Crippen MR) is 84.5 cm³/mol. The molecule has 2 rings (SSSR count). The van der Waals surface area contributed by atoms with Crippen molar-refractivity contribution >= 4 is 22.6 Å². The number of imidazole rings is 1. The number of aryl methyl sites for hydroxylation is 2. The summed E-state index contributed by atoms with van der Waals surface area (Å²) in [6.07, 6.45) is 4.16. The number of para-hydroxylation sites is 2. The average Bonchev–Trinajstić information content (AvgIpc) is 2.81. The second-order valence-electron chi connectivity index (χ2n) is 4.93. The first kappa shape index (κ1) is 15.3. The van der Waals surface area contributed by atoms with E-state index in [1.165, 1.54) is 11.9 Å². The average molecular weight is 295 g/mol. The second kappa shape index (κ2) is 8.28. The largest absolute Gasteiger partial charge is 0.381 e. The summed E-state index contributed by atoms with van der Waals surface area (Å²) in [5, 5.41) is 0. The lowest BCUT2D eigenvalue weighted by Gasteiger charge is -2.09. The molecule has 0 radical (unpaired) electrons. The molecule has 1 aromatic carbocycles. The first-order valence-electron chi connectivity index (χ1n) is 7.44. The van der Waals surface area contributed by atoms with Gasteiger partial charge in [0.15, 0.2) is 0 Å². The molecular formula is C16H23ClN2O. The van der Waals surface area contributed by atoms with E-state index in [-0.39, 0.29) is 0 Å². The smallest absolute Gasteiger partial charge is 0.111 e. The van der Waals surface area contributed by atoms with Crippen LogP contribution in [-0.2, 0) is 17.7 Å². The van der Waals surface area contributed by atoms with Crippen LogP contribution in [0.1, 0.15) is 32.0 Å². The molecule has 0 N–H and O–H groups in total. The predicted octanol–water partition coefficient (Wildman–Crippen LogP) is 4.02. The van der Waals surface area contributed by atoms with Gasteiger partial charge in [-0.3, -0.25) is 0 Å². The summed E-state index contributed by atoms with van der Waals surface area (Å²) in [4.78, 5) is 4.67. The molecule has 0 amide bonds. The zero-order chi connectivity index (χ0) is 14.2. The number of halogens is 1. The third kappa shape index (κ3) is 3.97. The Hall–Kier alpha value is -1.06. The van der Waals surface area contributed by atoms with Crippen LogP contribution >= 0.6 is 11.6 Å². The third-order valence-corrected chi connectivity index (χ3v) is 3.55. The summed E-state index contributed by atoms with van der Waals surface area (Å²) in [6.45, 7) is 4.81. The molecule has 3 nitrogen and oxygen atoms in total. The minimum atomic E-state index is 0.607. The van der Waals surface area contributed by atoms with Gasteiger partial charge in [-0.15, -0.1) is 11.6 Å². The summed E-state index contributed by atoms with van der Waals surface area (Å²) < 4.78 is 7.90. The van der Waals surface area contributed by atoms with Gasteiger partial charge in [-0.2, -0.15) is 0 Å². The highest BCUT2D eigenvalue weighted by atomic mass is 35.5. The van der Waals surface area contributed by atoms with Gasteiger partial charge < -0.3 is 9.30 Å². The van der Waals surface area contributed by atoms with Crippen LogP contribution in [0.2, 0.25) is 0 Å². The van der Waals surface area contributed by atoms with E-state index >= 15 is 0 Å². The van der Waals surface area contributed by atoms with Gasteiger partial charge in [-0.05, 0) is 25.0 Å². The molecular weight excluding hydrogens is 272 g/mol. The molecule has 110 valence electrons. The number of ether oxygens (including phenoxy) is 1. The fraction of sp³-hybridized carbons (Fsp3) is 0.562. The number of nitrogens with zero attached hydrogens (tertiary/aromatic N) is 2. The van der Waals surface area contributed by atoms with Gasteiger partial charge in [0, 0.05) is 32.1 Å². The fourth-order valence-electron chi connectivity index (χ4n) is 2.32. The summed E-state index contributed by atoms with van der Waals surface area (Å²) in [5.41, 5.74) is 2.25. The number of unbranched alkanes of at least 4 members (excludes halogenated alkanes) is 1. The molecule has 4 heteroatoms. The minimum Gasteiger partial charge on any atom is -0.381 e. The van der Waals surface area contributed by atoms with Crippen LogP contribution in [0, 0.1) is 0 Å². The van der Waals surface area contributed by atoms with Crippen molar-refractivity contribution in [2.45, 2.75) is 39.2 Å². The minimum absolute atomic E-state index is 0.607. The molecule has 2 aromatic rings. The first-order valence-corrected chi connectivity index (χ1v) is 7.98. The van der Waals surface area contributed by atoms with E-state index < -0.39 is 0 Å². The fourth-order valence-corrected chi connectivity index (χ4v) is 2.49. The second-order valence-corrected chi connectivity index (χ2v) is 5.30. The quantitative estimate of drug-likeness (QED) is 0.516. The van der Waals surface area contributed by atoms with Crippen molar-refractivity contribution in [2.24, 2.45) is 0 Å². The standard InChI is InChI=1S/C16H23ClN2O/c1-2-3-12-20-13-6-11-19-15-8-5-4-7-14(15)18-16(19)9-10-17/h4-5,7-8H,2-3,6,9-13H2,1H3. The van der Waals surface area contributed by atoms with Crippen LogP contribution in [-0.4, -0.2) is 28.6 Å². The molecule has 0 aliphatic carbocycles. The Morgan fingerprint density at radius 1 is 1.20 bits per heavy atom. The Balaban J connectivity index is 1.98. The van der Waals surface area contributed by atoms with E-state index in [9.17, 15) is 0 Å². The van der Waals surface area contributed by atoms with Crippen LogP contribution in [0.5, 0.6) is 0 Å². The van der Waals surface area contributed by atoms with Crippen LogP contribution in [0.25, 0.3) is 11.0 Å². The highest BCUT2D eigenvalue weighted by Gasteiger charge is 2.09. The van der Waals surface area contributed by atoms with Gasteiger partial charge in [0.1, 0.15) is 5.82 Å². The van der Waals surface area contributed by atoms with Crippen molar-refractivity contribution in [1.82, 2.24) is 9.55 Å². The molecule has 0 aliphatic heterocycles. The SMILES string of the molecule is CCCCOCCCn1c(CCCl)nc2ccccc21. The topological polar surface area (TPSA) is 27.1 Å². The van der Waals surface area contributed by atoms with Crippen LogP contribution in [0.3, 0.4) is 0 Å². The van der Waals surface area contributed by atoms with E-state index in [1.807, 2.05) is 6.07 Å². The summed E-state index contributed by atoms with van der Waals surface area (Å²) >= 11 is 5.88. The van der Waals surface area contributed by atoms with Crippen molar-refractivity contribution in [2.75, 3.05) is 19.1 Å². The lowest BCUT2D eigenvalue weighted by atomic mass is 10.3. The van der Waals surface area contributed by atoms with Crippen LogP contribution in [0.15, 0.2) is 24.3 Å². The summed E-state index contributed by atoms with van der Waals surface area (Å²) in [7, 11) is 0. The van der Waals surface area contributed by atoms with E-state index in [2.05, 4.69) is 34.7 Å². The number of hydrogen-bond donors (Lipinski definition) is 0. The van der Waals surface area contributed by atoms with Crippen molar-refractivity contribution in [3.63, 3.8) is 0 Å². The zero-order valence-electron chi connectivity index (χ0n) is 12.1. The highest BCUT2D eigenvalue weighted by molar-refractivity contribution is 6.17. The van der Waals surface area contributed by atoms with Crippen LogP contribution in [0.4, 0.5) is 0 Å². The van der Waals surface area contributed by atoms with E-state index in [4.69, 9.17) is 16.3 Å². The Labute approximate surface area is 125 Å². The van der Waals surface area contributed by atoms with E-state index in [1.54, 1.807) is 0 Å². The van der Waals surface area contributed by atoms with Gasteiger partial charge in [-0.25, -0.2) is 4.98 Å². The molecule has 0 aliphatic rings. The van der Waals surface area contributed by atoms with Gasteiger partial charge in [0.25, 0.3) is 0 Å². The summed E-state index contributed by atoms with van der Waals surface area (Å²) in [5.74, 6) is 1.69. The zero-order valence-corrected chi connectivity index (χ0v) is 12.9. The van der Waals surface area contributed by atoms with Crippen molar-refractivity contribution in [3.8, 4) is 0 Å². The number of hydrogen-bond acceptors (Lipinski definition) is 2. The van der Waals surface area contributed by atoms with Crippen molar-refractivity contribution in [1.29, 1.82) is 0 Å². The van der Waals surface area contributed by atoms with Gasteiger partial charge in [0.05, 0.1) is 11.0 Å². The maximum Gasteiger partial charge on any atom is 0.111 e. The molecule has 0 unspecified atom stereocenters. The Morgan fingerprint density at radius 2 is 2.00 bits per heavy atom. The lowest BCUT2D eigenvalue weighted by Crippen LogP contribution is -2.07. The Bertz CT molecular complexity index is 524. The van der Waals surface area contributed by atoms with Gasteiger partial charge >= 0.3 is 0 Å². The lowest BCUT2D eigenvalue weighted by molar-refractivity contribution is 0.126. The number of aromatic nitrogens is 2. The Kier molecular flexibility index (Phi) is 6.34. The van der Waals surface area contributed by atoms with Crippen molar-refractivity contribution in [3.05, 3.63) is 30.1 Å². The van der Waals surface area contributed by atoms with Crippen LogP contribution < -0.4 is 0 Å².